The van der Waals surface area contributed by atoms with Crippen LogP contribution in [0, 0.1) is 17.3 Å². The highest BCUT2D eigenvalue weighted by molar-refractivity contribution is 4.95. The van der Waals surface area contributed by atoms with Gasteiger partial charge in [-0.25, -0.2) is 8.78 Å². The van der Waals surface area contributed by atoms with E-state index in [4.69, 9.17) is 0 Å². The first-order valence-electron chi connectivity index (χ1n) is 4.62. The highest BCUT2D eigenvalue weighted by Crippen LogP contribution is 2.53. The lowest BCUT2D eigenvalue weighted by molar-refractivity contribution is -0.00210. The lowest BCUT2D eigenvalue weighted by Crippen LogP contribution is -2.21. The molecule has 72 valence electrons. The summed E-state index contributed by atoms with van der Waals surface area (Å²) in [5.41, 5.74) is -0.183. The van der Waals surface area contributed by atoms with Crippen molar-refractivity contribution in [2.75, 3.05) is 0 Å². The predicted octanol–water partition coefficient (Wildman–Crippen LogP) is 3.71. The molecule has 0 radical (unpaired) electrons. The molecule has 1 rings (SSSR count). The van der Waals surface area contributed by atoms with Gasteiger partial charge in [-0.15, -0.1) is 0 Å². The van der Waals surface area contributed by atoms with E-state index in [0.717, 1.165) is 0 Å². The Hall–Kier alpha value is -0.140. The topological polar surface area (TPSA) is 0 Å². The van der Waals surface area contributed by atoms with E-state index < -0.39 is 5.92 Å². The molecule has 0 aliphatic heterocycles. The third-order valence-electron chi connectivity index (χ3n) is 3.04. The number of hydrogen-bond donors (Lipinski definition) is 0. The zero-order chi connectivity index (χ0) is 9.57. The molecule has 1 aliphatic carbocycles. The molecule has 1 aliphatic rings. The number of rotatable bonds is 1. The van der Waals surface area contributed by atoms with Crippen molar-refractivity contribution >= 4 is 0 Å². The van der Waals surface area contributed by atoms with Crippen LogP contribution in [-0.4, -0.2) is 5.92 Å². The number of hydrogen-bond acceptors (Lipinski definition) is 0. The fourth-order valence-electron chi connectivity index (χ4n) is 2.61. The monoisotopic (exact) mass is 176 g/mol. The molecular formula is C10H18F2. The normalized spacial score (nSPS) is 32.8. The van der Waals surface area contributed by atoms with E-state index in [9.17, 15) is 8.78 Å². The molecule has 12 heavy (non-hydrogen) atoms. The maximum atomic E-state index is 13.1. The van der Waals surface area contributed by atoms with Gasteiger partial charge in [0, 0.05) is 12.8 Å². The lowest BCUT2D eigenvalue weighted by atomic mass is 9.76. The van der Waals surface area contributed by atoms with E-state index in [-0.39, 0.29) is 24.2 Å². The average Bonchev–Trinajstić information content (AvgIpc) is 1.99. The molecule has 0 bridgehead atoms. The van der Waals surface area contributed by atoms with Gasteiger partial charge in [-0.3, -0.25) is 0 Å². The predicted molar refractivity (Wildman–Crippen MR) is 46.3 cm³/mol. The Morgan fingerprint density at radius 1 is 1.25 bits per heavy atom. The number of alkyl halides is 2. The Kier molecular flexibility index (Phi) is 2.22. The SMILES string of the molecule is CC(C)C1CC(F)(F)CC1(C)C. The van der Waals surface area contributed by atoms with Gasteiger partial charge >= 0.3 is 0 Å². The molecule has 0 N–H and O–H groups in total. The summed E-state index contributed by atoms with van der Waals surface area (Å²) in [6.07, 6.45) is 0.139. The van der Waals surface area contributed by atoms with Gasteiger partial charge in [0.1, 0.15) is 0 Å². The Morgan fingerprint density at radius 3 is 1.92 bits per heavy atom. The summed E-state index contributed by atoms with van der Waals surface area (Å²) in [6.45, 7) is 7.98. The molecule has 1 saturated carbocycles. The van der Waals surface area contributed by atoms with Crippen molar-refractivity contribution in [3.05, 3.63) is 0 Å². The second kappa shape index (κ2) is 2.68. The second-order valence-corrected chi connectivity index (χ2v) is 5.08. The highest BCUT2D eigenvalue weighted by atomic mass is 19.3. The molecule has 0 nitrogen and oxygen atoms in total. The van der Waals surface area contributed by atoms with Crippen LogP contribution in [0.3, 0.4) is 0 Å². The Bertz CT molecular complexity index is 171. The third kappa shape index (κ3) is 1.78. The van der Waals surface area contributed by atoms with Crippen molar-refractivity contribution in [3.8, 4) is 0 Å². The molecule has 1 fully saturated rings. The molecule has 0 heterocycles. The van der Waals surface area contributed by atoms with Gasteiger partial charge in [0.15, 0.2) is 0 Å². The fraction of sp³-hybridized carbons (Fsp3) is 1.00. The summed E-state index contributed by atoms with van der Waals surface area (Å²) in [6, 6.07) is 0. The zero-order valence-electron chi connectivity index (χ0n) is 8.32. The molecule has 0 aromatic carbocycles. The first kappa shape index (κ1) is 9.94. The molecule has 2 heteroatoms. The minimum absolute atomic E-state index is 0.0584. The zero-order valence-corrected chi connectivity index (χ0v) is 8.32. The molecule has 0 spiro atoms. The Balaban J connectivity index is 2.78. The minimum Gasteiger partial charge on any atom is -0.207 e. The van der Waals surface area contributed by atoms with Crippen LogP contribution in [0.15, 0.2) is 0 Å². The van der Waals surface area contributed by atoms with E-state index in [1.807, 2.05) is 27.7 Å². The molecule has 0 aromatic heterocycles. The van der Waals surface area contributed by atoms with Crippen molar-refractivity contribution in [3.63, 3.8) is 0 Å². The van der Waals surface area contributed by atoms with Crippen LogP contribution in [0.25, 0.3) is 0 Å². The first-order valence-corrected chi connectivity index (χ1v) is 4.62. The Morgan fingerprint density at radius 2 is 1.75 bits per heavy atom. The smallest absolute Gasteiger partial charge is 0.207 e. The third-order valence-corrected chi connectivity index (χ3v) is 3.04. The summed E-state index contributed by atoms with van der Waals surface area (Å²) >= 11 is 0. The van der Waals surface area contributed by atoms with Crippen LogP contribution >= 0.6 is 0 Å². The fourth-order valence-corrected chi connectivity index (χ4v) is 2.61. The number of halogens is 2. The van der Waals surface area contributed by atoms with E-state index >= 15 is 0 Å². The van der Waals surface area contributed by atoms with Crippen molar-refractivity contribution < 1.29 is 8.78 Å². The van der Waals surface area contributed by atoms with Crippen LogP contribution < -0.4 is 0 Å². The van der Waals surface area contributed by atoms with Gasteiger partial charge in [-0.1, -0.05) is 27.7 Å². The van der Waals surface area contributed by atoms with E-state index in [1.54, 1.807) is 0 Å². The van der Waals surface area contributed by atoms with E-state index in [0.29, 0.717) is 5.92 Å². The van der Waals surface area contributed by atoms with Gasteiger partial charge in [0.25, 0.3) is 0 Å². The first-order chi connectivity index (χ1) is 5.25. The summed E-state index contributed by atoms with van der Waals surface area (Å²) in [5, 5.41) is 0. The maximum absolute atomic E-state index is 13.1. The van der Waals surface area contributed by atoms with Crippen LogP contribution in [0.5, 0.6) is 0 Å². The molecule has 0 saturated heterocycles. The highest BCUT2D eigenvalue weighted by Gasteiger charge is 2.51. The van der Waals surface area contributed by atoms with Crippen LogP contribution in [0.4, 0.5) is 8.78 Å². The van der Waals surface area contributed by atoms with Crippen LogP contribution in [0.1, 0.15) is 40.5 Å². The molecule has 1 unspecified atom stereocenters. The van der Waals surface area contributed by atoms with Gasteiger partial charge in [-0.2, -0.15) is 0 Å². The van der Waals surface area contributed by atoms with Crippen LogP contribution in [0.2, 0.25) is 0 Å². The standard InChI is InChI=1S/C10H18F2/c1-7(2)8-5-10(11,12)6-9(8,3)4/h7-8H,5-6H2,1-4H3. The molecular weight excluding hydrogens is 158 g/mol. The Labute approximate surface area is 73.3 Å². The molecule has 0 amide bonds. The maximum Gasteiger partial charge on any atom is 0.249 e. The summed E-state index contributed by atoms with van der Waals surface area (Å²) in [5.74, 6) is -1.88. The van der Waals surface area contributed by atoms with Gasteiger partial charge in [-0.05, 0) is 17.3 Å². The molecule has 1 atom stereocenters. The van der Waals surface area contributed by atoms with E-state index in [2.05, 4.69) is 0 Å². The average molecular weight is 176 g/mol. The van der Waals surface area contributed by atoms with Crippen molar-refractivity contribution in [2.45, 2.75) is 46.5 Å². The molecule has 0 aromatic rings. The van der Waals surface area contributed by atoms with Crippen molar-refractivity contribution in [2.24, 2.45) is 17.3 Å². The summed E-state index contributed by atoms with van der Waals surface area (Å²) in [7, 11) is 0. The lowest BCUT2D eigenvalue weighted by Gasteiger charge is -2.29. The van der Waals surface area contributed by atoms with Crippen molar-refractivity contribution in [1.29, 1.82) is 0 Å². The van der Waals surface area contributed by atoms with Crippen LogP contribution in [-0.2, 0) is 0 Å². The van der Waals surface area contributed by atoms with E-state index in [1.165, 1.54) is 0 Å². The quantitative estimate of drug-likeness (QED) is 0.571. The van der Waals surface area contributed by atoms with Gasteiger partial charge in [0.2, 0.25) is 5.92 Å². The van der Waals surface area contributed by atoms with Gasteiger partial charge < -0.3 is 0 Å². The summed E-state index contributed by atoms with van der Waals surface area (Å²) in [4.78, 5) is 0. The summed E-state index contributed by atoms with van der Waals surface area (Å²) < 4.78 is 26.1. The largest absolute Gasteiger partial charge is 0.249 e. The minimum atomic E-state index is -2.42. The second-order valence-electron chi connectivity index (χ2n) is 5.08. The van der Waals surface area contributed by atoms with Crippen molar-refractivity contribution in [1.82, 2.24) is 0 Å². The van der Waals surface area contributed by atoms with Gasteiger partial charge in [0.05, 0.1) is 0 Å².